The molecule has 84 valence electrons. The van der Waals surface area contributed by atoms with Crippen molar-refractivity contribution in [2.45, 2.75) is 39.2 Å². The second kappa shape index (κ2) is 4.63. The lowest BCUT2D eigenvalue weighted by Gasteiger charge is -2.37. The van der Waals surface area contributed by atoms with E-state index in [-0.39, 0.29) is 0 Å². The highest BCUT2D eigenvalue weighted by Gasteiger charge is 2.27. The maximum atomic E-state index is 2.51. The molecule has 1 unspecified atom stereocenters. The van der Waals surface area contributed by atoms with Crippen LogP contribution < -0.4 is 0 Å². The van der Waals surface area contributed by atoms with E-state index in [9.17, 15) is 0 Å². The van der Waals surface area contributed by atoms with Crippen LogP contribution in [0.25, 0.3) is 0 Å². The van der Waals surface area contributed by atoms with Crippen LogP contribution in [-0.2, 0) is 0 Å². The van der Waals surface area contributed by atoms with Gasteiger partial charge in [0.15, 0.2) is 0 Å². The molecule has 1 heterocycles. The quantitative estimate of drug-likeness (QED) is 0.588. The van der Waals surface area contributed by atoms with E-state index in [2.05, 4.69) is 44.7 Å². The van der Waals surface area contributed by atoms with Crippen LogP contribution >= 0.6 is 0 Å². The van der Waals surface area contributed by atoms with Gasteiger partial charge in [-0.05, 0) is 53.2 Å². The molecule has 0 aromatic heterocycles. The average molecular weight is 198 g/mol. The monoisotopic (exact) mass is 198 g/mol. The Kier molecular flexibility index (Phi) is 3.96. The van der Waals surface area contributed by atoms with Gasteiger partial charge in [-0.15, -0.1) is 0 Å². The molecular formula is C12H26N2. The van der Waals surface area contributed by atoms with Gasteiger partial charge in [-0.2, -0.15) is 0 Å². The lowest BCUT2D eigenvalue weighted by Crippen LogP contribution is -2.44. The Bertz CT molecular complexity index is 177. The second-order valence-corrected chi connectivity index (χ2v) is 5.64. The number of rotatable bonds is 0. The van der Waals surface area contributed by atoms with Crippen LogP contribution in [0.5, 0.6) is 0 Å². The van der Waals surface area contributed by atoms with Crippen molar-refractivity contribution in [2.75, 3.05) is 33.7 Å². The summed E-state index contributed by atoms with van der Waals surface area (Å²) in [6.45, 7) is 10.8. The van der Waals surface area contributed by atoms with Gasteiger partial charge < -0.3 is 4.90 Å². The number of likely N-dealkylation sites (N-methyl/N-ethyl adjacent to an activating group) is 2. The van der Waals surface area contributed by atoms with E-state index in [1.807, 2.05) is 0 Å². The molecule has 0 aromatic carbocycles. The molecule has 0 amide bonds. The van der Waals surface area contributed by atoms with Gasteiger partial charge in [-0.25, -0.2) is 0 Å². The van der Waals surface area contributed by atoms with E-state index in [1.165, 1.54) is 32.5 Å². The molecule has 1 aliphatic rings. The first kappa shape index (κ1) is 12.0. The molecule has 0 N–H and O–H groups in total. The van der Waals surface area contributed by atoms with Gasteiger partial charge >= 0.3 is 0 Å². The van der Waals surface area contributed by atoms with Gasteiger partial charge in [-0.1, -0.05) is 6.92 Å². The fraction of sp³-hybridized carbons (Fsp3) is 1.00. The summed E-state index contributed by atoms with van der Waals surface area (Å²) in [5, 5.41) is 0. The highest BCUT2D eigenvalue weighted by atomic mass is 15.2. The predicted molar refractivity (Wildman–Crippen MR) is 62.6 cm³/mol. The summed E-state index contributed by atoms with van der Waals surface area (Å²) in [4.78, 5) is 4.96. The van der Waals surface area contributed by atoms with Crippen LogP contribution in [0.3, 0.4) is 0 Å². The van der Waals surface area contributed by atoms with Gasteiger partial charge in [0.2, 0.25) is 0 Å². The van der Waals surface area contributed by atoms with E-state index >= 15 is 0 Å². The normalized spacial score (nSPS) is 31.9. The van der Waals surface area contributed by atoms with Crippen LogP contribution in [0.1, 0.15) is 33.6 Å². The molecule has 1 saturated heterocycles. The maximum Gasteiger partial charge on any atom is 0.0153 e. The SMILES string of the molecule is CC1CCN(C)CCN(C)C(C)(C)C1. The van der Waals surface area contributed by atoms with Crippen molar-refractivity contribution in [3.63, 3.8) is 0 Å². The van der Waals surface area contributed by atoms with E-state index in [1.54, 1.807) is 0 Å². The Morgan fingerprint density at radius 2 is 1.71 bits per heavy atom. The summed E-state index contributed by atoms with van der Waals surface area (Å²) in [5.74, 6) is 0.841. The van der Waals surface area contributed by atoms with E-state index in [4.69, 9.17) is 0 Å². The molecule has 0 aromatic rings. The van der Waals surface area contributed by atoms with E-state index in [0.29, 0.717) is 5.54 Å². The van der Waals surface area contributed by atoms with Crippen molar-refractivity contribution in [3.8, 4) is 0 Å². The maximum absolute atomic E-state index is 2.51. The average Bonchev–Trinajstić information content (AvgIpc) is 2.11. The van der Waals surface area contributed by atoms with Crippen molar-refractivity contribution in [3.05, 3.63) is 0 Å². The molecule has 1 rings (SSSR count). The molecule has 2 nitrogen and oxygen atoms in total. The third-order valence-corrected chi connectivity index (χ3v) is 3.70. The number of hydrogen-bond acceptors (Lipinski definition) is 2. The zero-order chi connectivity index (χ0) is 10.8. The highest BCUT2D eigenvalue weighted by molar-refractivity contribution is 4.83. The Labute approximate surface area is 89.3 Å². The minimum Gasteiger partial charge on any atom is -0.305 e. The fourth-order valence-electron chi connectivity index (χ4n) is 2.29. The molecule has 2 heteroatoms. The standard InChI is InChI=1S/C12H26N2/c1-11-6-7-13(4)8-9-14(5)12(2,3)10-11/h11H,6-10H2,1-5H3. The van der Waals surface area contributed by atoms with Crippen LogP contribution in [0, 0.1) is 5.92 Å². The Morgan fingerprint density at radius 1 is 1.07 bits per heavy atom. The molecule has 0 saturated carbocycles. The Balaban J connectivity index is 2.64. The third-order valence-electron chi connectivity index (χ3n) is 3.70. The molecule has 1 atom stereocenters. The van der Waals surface area contributed by atoms with Crippen molar-refractivity contribution < 1.29 is 0 Å². The van der Waals surface area contributed by atoms with Crippen molar-refractivity contribution in [2.24, 2.45) is 5.92 Å². The van der Waals surface area contributed by atoms with E-state index in [0.717, 1.165) is 5.92 Å². The Morgan fingerprint density at radius 3 is 2.36 bits per heavy atom. The zero-order valence-corrected chi connectivity index (χ0v) is 10.5. The van der Waals surface area contributed by atoms with Gasteiger partial charge in [0.1, 0.15) is 0 Å². The molecule has 0 spiro atoms. The molecule has 0 radical (unpaired) electrons. The molecule has 0 aliphatic carbocycles. The zero-order valence-electron chi connectivity index (χ0n) is 10.5. The first-order valence-electron chi connectivity index (χ1n) is 5.81. The summed E-state index contributed by atoms with van der Waals surface area (Å²) in [5.41, 5.74) is 0.366. The predicted octanol–water partition coefficient (Wildman–Crippen LogP) is 2.06. The fourth-order valence-corrected chi connectivity index (χ4v) is 2.29. The van der Waals surface area contributed by atoms with Crippen LogP contribution in [0.4, 0.5) is 0 Å². The van der Waals surface area contributed by atoms with Crippen molar-refractivity contribution in [1.82, 2.24) is 9.80 Å². The molecule has 1 aliphatic heterocycles. The summed E-state index contributed by atoms with van der Waals surface area (Å²) < 4.78 is 0. The number of hydrogen-bond donors (Lipinski definition) is 0. The second-order valence-electron chi connectivity index (χ2n) is 5.64. The molecule has 1 fully saturated rings. The lowest BCUT2D eigenvalue weighted by molar-refractivity contribution is 0.127. The van der Waals surface area contributed by atoms with Crippen molar-refractivity contribution in [1.29, 1.82) is 0 Å². The summed E-state index contributed by atoms with van der Waals surface area (Å²) in [6, 6.07) is 0. The van der Waals surface area contributed by atoms with Crippen molar-refractivity contribution >= 4 is 0 Å². The van der Waals surface area contributed by atoms with Crippen LogP contribution in [0.2, 0.25) is 0 Å². The molecule has 14 heavy (non-hydrogen) atoms. The smallest absolute Gasteiger partial charge is 0.0153 e. The van der Waals surface area contributed by atoms with Crippen LogP contribution in [0.15, 0.2) is 0 Å². The summed E-state index contributed by atoms with van der Waals surface area (Å²) in [7, 11) is 4.49. The molecular weight excluding hydrogens is 172 g/mol. The first-order chi connectivity index (χ1) is 6.42. The largest absolute Gasteiger partial charge is 0.305 e. The lowest BCUT2D eigenvalue weighted by atomic mass is 9.89. The van der Waals surface area contributed by atoms with Gasteiger partial charge in [0.25, 0.3) is 0 Å². The van der Waals surface area contributed by atoms with Crippen LogP contribution in [-0.4, -0.2) is 49.1 Å². The third kappa shape index (κ3) is 3.25. The van der Waals surface area contributed by atoms with Gasteiger partial charge in [0.05, 0.1) is 0 Å². The molecule has 0 bridgehead atoms. The van der Waals surface area contributed by atoms with E-state index < -0.39 is 0 Å². The van der Waals surface area contributed by atoms with Gasteiger partial charge in [-0.3, -0.25) is 4.90 Å². The van der Waals surface area contributed by atoms with Gasteiger partial charge in [0, 0.05) is 18.6 Å². The minimum absolute atomic E-state index is 0.366. The number of nitrogens with zero attached hydrogens (tertiary/aromatic N) is 2. The Hall–Kier alpha value is -0.0800. The summed E-state index contributed by atoms with van der Waals surface area (Å²) >= 11 is 0. The first-order valence-corrected chi connectivity index (χ1v) is 5.81. The topological polar surface area (TPSA) is 6.48 Å². The summed E-state index contributed by atoms with van der Waals surface area (Å²) in [6.07, 6.45) is 2.66. The minimum atomic E-state index is 0.366. The highest BCUT2D eigenvalue weighted by Crippen LogP contribution is 2.25.